The van der Waals surface area contributed by atoms with Crippen LogP contribution in [-0.2, 0) is 9.47 Å². The molecule has 0 unspecified atom stereocenters. The summed E-state index contributed by atoms with van der Waals surface area (Å²) in [5, 5.41) is 0. The van der Waals surface area contributed by atoms with E-state index in [0.29, 0.717) is 0 Å². The van der Waals surface area contributed by atoms with Gasteiger partial charge in [0.2, 0.25) is 0 Å². The van der Waals surface area contributed by atoms with Crippen LogP contribution in [0.15, 0.2) is 12.3 Å². The third kappa shape index (κ3) is 4.50. The standard InChI is InChI=1S/C16H21F2N3O5/c1-15(2,3)26-14(23)21-7-11(16(17,18)8-21)25-10-5-9(13(22)24-4)6-20-12(10)19/h5-6,11H,7-8H2,1-4H3,(H2,19,20)/t11-/m0/s1. The maximum Gasteiger partial charge on any atom is 0.410 e. The molecule has 2 N–H and O–H groups in total. The lowest BCUT2D eigenvalue weighted by Crippen LogP contribution is -2.37. The fraction of sp³-hybridized carbons (Fsp3) is 0.562. The number of hydrogen-bond acceptors (Lipinski definition) is 7. The van der Waals surface area contributed by atoms with Gasteiger partial charge < -0.3 is 19.9 Å². The molecule has 1 aromatic rings. The molecule has 2 heterocycles. The number of nitrogen functional groups attached to an aromatic ring is 1. The van der Waals surface area contributed by atoms with Gasteiger partial charge in [0.25, 0.3) is 0 Å². The van der Waals surface area contributed by atoms with Crippen molar-refractivity contribution in [3.63, 3.8) is 0 Å². The van der Waals surface area contributed by atoms with Gasteiger partial charge in [-0.25, -0.2) is 23.4 Å². The number of nitrogens with zero attached hydrogens (tertiary/aromatic N) is 2. The summed E-state index contributed by atoms with van der Waals surface area (Å²) in [5.41, 5.74) is 4.83. The Morgan fingerprint density at radius 3 is 2.62 bits per heavy atom. The van der Waals surface area contributed by atoms with Crippen LogP contribution < -0.4 is 10.5 Å². The molecule has 1 aliphatic heterocycles. The number of carbonyl (C=O) groups is 2. The first-order valence-electron chi connectivity index (χ1n) is 7.79. The van der Waals surface area contributed by atoms with E-state index in [4.69, 9.17) is 15.2 Å². The highest BCUT2D eigenvalue weighted by Crippen LogP contribution is 2.33. The van der Waals surface area contributed by atoms with E-state index in [9.17, 15) is 18.4 Å². The van der Waals surface area contributed by atoms with Gasteiger partial charge in [-0.1, -0.05) is 0 Å². The van der Waals surface area contributed by atoms with Gasteiger partial charge >= 0.3 is 18.0 Å². The normalized spacial score (nSPS) is 19.2. The Morgan fingerprint density at radius 1 is 1.38 bits per heavy atom. The van der Waals surface area contributed by atoms with Gasteiger partial charge in [0.05, 0.1) is 25.8 Å². The summed E-state index contributed by atoms with van der Waals surface area (Å²) < 4.78 is 43.5. The molecular formula is C16H21F2N3O5. The number of carbonyl (C=O) groups excluding carboxylic acids is 2. The molecule has 1 aromatic heterocycles. The van der Waals surface area contributed by atoms with Crippen molar-refractivity contribution in [2.24, 2.45) is 0 Å². The Morgan fingerprint density at radius 2 is 2.04 bits per heavy atom. The molecule has 1 amide bonds. The van der Waals surface area contributed by atoms with Gasteiger partial charge in [-0.05, 0) is 20.8 Å². The number of nitrogens with two attached hydrogens (primary N) is 1. The number of amides is 1. The molecule has 144 valence electrons. The Hall–Kier alpha value is -2.65. The number of rotatable bonds is 3. The molecule has 10 heteroatoms. The van der Waals surface area contributed by atoms with E-state index in [-0.39, 0.29) is 17.1 Å². The number of alkyl halides is 2. The molecule has 0 spiro atoms. The Kier molecular flexibility index (Phi) is 5.24. The van der Waals surface area contributed by atoms with E-state index in [1.165, 1.54) is 13.2 Å². The van der Waals surface area contributed by atoms with Crippen molar-refractivity contribution in [1.29, 1.82) is 0 Å². The quantitative estimate of drug-likeness (QED) is 0.809. The molecule has 0 saturated carbocycles. The van der Waals surface area contributed by atoms with Crippen LogP contribution in [0.3, 0.4) is 0 Å². The van der Waals surface area contributed by atoms with E-state index >= 15 is 0 Å². The minimum absolute atomic E-state index is 0.00186. The summed E-state index contributed by atoms with van der Waals surface area (Å²) in [6.45, 7) is 3.66. The SMILES string of the molecule is COC(=O)c1cnc(N)c(O[C@H]2CN(C(=O)OC(C)(C)C)CC2(F)F)c1. The molecule has 1 atom stereocenters. The number of ether oxygens (including phenoxy) is 3. The van der Waals surface area contributed by atoms with Crippen molar-refractivity contribution in [2.75, 3.05) is 25.9 Å². The van der Waals surface area contributed by atoms with Crippen LogP contribution in [0.25, 0.3) is 0 Å². The van der Waals surface area contributed by atoms with E-state index in [1.54, 1.807) is 20.8 Å². The molecule has 26 heavy (non-hydrogen) atoms. The van der Waals surface area contributed by atoms with E-state index in [1.807, 2.05) is 0 Å². The smallest absolute Gasteiger partial charge is 0.410 e. The van der Waals surface area contributed by atoms with Crippen molar-refractivity contribution in [2.45, 2.75) is 38.4 Å². The first-order chi connectivity index (χ1) is 11.9. The van der Waals surface area contributed by atoms with Crippen LogP contribution in [0.5, 0.6) is 5.75 Å². The highest BCUT2D eigenvalue weighted by Gasteiger charge is 2.52. The first-order valence-corrected chi connectivity index (χ1v) is 7.79. The monoisotopic (exact) mass is 373 g/mol. The number of anilines is 1. The lowest BCUT2D eigenvalue weighted by Gasteiger charge is -2.24. The minimum Gasteiger partial charge on any atom is -0.478 e. The molecule has 8 nitrogen and oxygen atoms in total. The number of methoxy groups -OCH3 is 1. The fourth-order valence-electron chi connectivity index (χ4n) is 2.28. The summed E-state index contributed by atoms with van der Waals surface area (Å²) in [5.74, 6) is -4.39. The zero-order valence-electron chi connectivity index (χ0n) is 14.9. The van der Waals surface area contributed by atoms with E-state index in [0.717, 1.165) is 11.1 Å². The van der Waals surface area contributed by atoms with Crippen molar-refractivity contribution in [3.8, 4) is 5.75 Å². The number of halogens is 2. The molecule has 2 rings (SSSR count). The largest absolute Gasteiger partial charge is 0.478 e. The number of hydrogen-bond donors (Lipinski definition) is 1. The number of aromatic nitrogens is 1. The predicted molar refractivity (Wildman–Crippen MR) is 87.2 cm³/mol. The second-order valence-electron chi connectivity index (χ2n) is 6.83. The van der Waals surface area contributed by atoms with Crippen LogP contribution in [0.1, 0.15) is 31.1 Å². The van der Waals surface area contributed by atoms with Crippen molar-refractivity contribution >= 4 is 17.9 Å². The van der Waals surface area contributed by atoms with Gasteiger partial charge in [-0.2, -0.15) is 0 Å². The summed E-state index contributed by atoms with van der Waals surface area (Å²) in [6.07, 6.45) is -1.38. The fourth-order valence-corrected chi connectivity index (χ4v) is 2.28. The minimum atomic E-state index is -3.33. The second-order valence-corrected chi connectivity index (χ2v) is 6.83. The first kappa shape index (κ1) is 19.7. The van der Waals surface area contributed by atoms with Crippen LogP contribution >= 0.6 is 0 Å². The lowest BCUT2D eigenvalue weighted by atomic mass is 10.2. The number of pyridine rings is 1. The van der Waals surface area contributed by atoms with E-state index < -0.39 is 42.8 Å². The Labute approximate surface area is 149 Å². The zero-order valence-corrected chi connectivity index (χ0v) is 14.9. The highest BCUT2D eigenvalue weighted by molar-refractivity contribution is 5.89. The topological polar surface area (TPSA) is 104 Å². The third-order valence-corrected chi connectivity index (χ3v) is 3.48. The van der Waals surface area contributed by atoms with Crippen molar-refractivity contribution in [3.05, 3.63) is 17.8 Å². The predicted octanol–water partition coefficient (Wildman–Crippen LogP) is 2.08. The molecular weight excluding hydrogens is 352 g/mol. The summed E-state index contributed by atoms with van der Waals surface area (Å²) in [4.78, 5) is 28.2. The maximum absolute atomic E-state index is 14.3. The molecule has 1 aliphatic rings. The molecule has 1 fully saturated rings. The third-order valence-electron chi connectivity index (χ3n) is 3.48. The molecule has 0 aliphatic carbocycles. The number of esters is 1. The van der Waals surface area contributed by atoms with Gasteiger partial charge in [0.1, 0.15) is 5.60 Å². The van der Waals surface area contributed by atoms with Gasteiger partial charge in [0, 0.05) is 12.3 Å². The average molecular weight is 373 g/mol. The maximum atomic E-state index is 14.3. The van der Waals surface area contributed by atoms with Crippen LogP contribution in [0.2, 0.25) is 0 Å². The summed E-state index contributed by atoms with van der Waals surface area (Å²) >= 11 is 0. The van der Waals surface area contributed by atoms with Crippen molar-refractivity contribution < 1.29 is 32.6 Å². The number of likely N-dealkylation sites (tertiary alicyclic amines) is 1. The van der Waals surface area contributed by atoms with Gasteiger partial charge in [-0.3, -0.25) is 4.90 Å². The second kappa shape index (κ2) is 6.93. The average Bonchev–Trinajstić information content (AvgIpc) is 2.82. The highest BCUT2D eigenvalue weighted by atomic mass is 19.3. The summed E-state index contributed by atoms with van der Waals surface area (Å²) in [7, 11) is 1.17. The van der Waals surface area contributed by atoms with Crippen molar-refractivity contribution in [1.82, 2.24) is 9.88 Å². The van der Waals surface area contributed by atoms with E-state index in [2.05, 4.69) is 9.72 Å². The van der Waals surface area contributed by atoms with Gasteiger partial charge in [0.15, 0.2) is 17.7 Å². The molecule has 0 aromatic carbocycles. The zero-order chi connectivity index (χ0) is 19.7. The van der Waals surface area contributed by atoms with Crippen LogP contribution in [-0.4, -0.2) is 59.8 Å². The van der Waals surface area contributed by atoms with Gasteiger partial charge in [-0.15, -0.1) is 0 Å². The lowest BCUT2D eigenvalue weighted by molar-refractivity contribution is -0.0622. The van der Waals surface area contributed by atoms with Crippen LogP contribution in [0.4, 0.5) is 19.4 Å². The Balaban J connectivity index is 2.16. The summed E-state index contributed by atoms with van der Waals surface area (Å²) in [6, 6.07) is 1.17. The Bertz CT molecular complexity index is 706. The van der Waals surface area contributed by atoms with Crippen LogP contribution in [0, 0.1) is 0 Å². The molecule has 0 radical (unpaired) electrons. The molecule has 1 saturated heterocycles. The molecule has 0 bridgehead atoms.